The maximum absolute atomic E-state index is 11.9. The molecule has 0 spiro atoms. The number of nitrogens with one attached hydrogen (secondary N) is 1. The van der Waals surface area contributed by atoms with E-state index in [4.69, 9.17) is 15.6 Å². The minimum atomic E-state index is -0.252. The van der Waals surface area contributed by atoms with Crippen LogP contribution in [-0.2, 0) is 0 Å². The summed E-state index contributed by atoms with van der Waals surface area (Å²) in [5.74, 6) is 0.211. The van der Waals surface area contributed by atoms with Crippen LogP contribution in [0.4, 0.5) is 5.69 Å². The number of benzene rings is 1. The Morgan fingerprint density at radius 2 is 2.24 bits per heavy atom. The maximum Gasteiger partial charge on any atom is 0.257 e. The number of anilines is 1. The van der Waals surface area contributed by atoms with Gasteiger partial charge in [-0.25, -0.2) is 0 Å². The Hall–Kier alpha value is -1.75. The zero-order chi connectivity index (χ0) is 12.7. The molecule has 1 amide bonds. The molecule has 1 aromatic rings. The lowest BCUT2D eigenvalue weighted by atomic mass is 10.1. The molecule has 0 unspecified atom stereocenters. The van der Waals surface area contributed by atoms with Gasteiger partial charge in [-0.3, -0.25) is 4.79 Å². The van der Waals surface area contributed by atoms with Gasteiger partial charge in [0.15, 0.2) is 0 Å². The summed E-state index contributed by atoms with van der Waals surface area (Å²) in [5.41, 5.74) is 6.50. The number of unbranched alkanes of at least 4 members (excludes halogenated alkanes) is 1. The number of carbonyl (C=O) groups excluding carboxylic acids is 1. The number of amides is 1. The van der Waals surface area contributed by atoms with Gasteiger partial charge in [-0.05, 0) is 25.0 Å². The summed E-state index contributed by atoms with van der Waals surface area (Å²) in [4.78, 5) is 11.9. The third-order valence-corrected chi connectivity index (χ3v) is 2.38. The lowest BCUT2D eigenvalue weighted by molar-refractivity contribution is 0.0950. The van der Waals surface area contributed by atoms with E-state index in [-0.39, 0.29) is 12.5 Å². The van der Waals surface area contributed by atoms with Gasteiger partial charge in [-0.1, -0.05) is 6.07 Å². The summed E-state index contributed by atoms with van der Waals surface area (Å²) in [5, 5.41) is 11.4. The Morgan fingerprint density at radius 1 is 1.47 bits per heavy atom. The van der Waals surface area contributed by atoms with Crippen LogP contribution < -0.4 is 15.8 Å². The highest BCUT2D eigenvalue weighted by atomic mass is 16.5. The van der Waals surface area contributed by atoms with Crippen LogP contribution in [0.2, 0.25) is 0 Å². The van der Waals surface area contributed by atoms with Gasteiger partial charge in [0.25, 0.3) is 5.91 Å². The Morgan fingerprint density at radius 3 is 2.88 bits per heavy atom. The van der Waals surface area contributed by atoms with E-state index in [1.165, 1.54) is 7.11 Å². The SMILES string of the molecule is COc1cccc(N)c1C(=O)NCCCCO. The van der Waals surface area contributed by atoms with Crippen LogP contribution in [0.3, 0.4) is 0 Å². The van der Waals surface area contributed by atoms with Crippen LogP contribution >= 0.6 is 0 Å². The third-order valence-electron chi connectivity index (χ3n) is 2.38. The number of rotatable bonds is 6. The highest BCUT2D eigenvalue weighted by Gasteiger charge is 2.14. The van der Waals surface area contributed by atoms with E-state index in [2.05, 4.69) is 5.32 Å². The van der Waals surface area contributed by atoms with Gasteiger partial charge in [0.05, 0.1) is 7.11 Å². The third kappa shape index (κ3) is 3.64. The molecule has 0 fully saturated rings. The molecule has 17 heavy (non-hydrogen) atoms. The fourth-order valence-corrected chi connectivity index (χ4v) is 1.49. The second kappa shape index (κ2) is 6.75. The maximum atomic E-state index is 11.9. The summed E-state index contributed by atoms with van der Waals surface area (Å²) in [6.45, 7) is 0.642. The first-order valence-corrected chi connectivity index (χ1v) is 5.52. The van der Waals surface area contributed by atoms with Crippen LogP contribution in [0.5, 0.6) is 5.75 Å². The summed E-state index contributed by atoms with van der Waals surface area (Å²) in [6.07, 6.45) is 1.40. The molecule has 0 heterocycles. The second-order valence-electron chi connectivity index (χ2n) is 3.61. The zero-order valence-electron chi connectivity index (χ0n) is 9.90. The van der Waals surface area contributed by atoms with Crippen LogP contribution in [0.15, 0.2) is 18.2 Å². The molecule has 1 rings (SSSR count). The monoisotopic (exact) mass is 238 g/mol. The molecule has 0 aromatic heterocycles. The smallest absolute Gasteiger partial charge is 0.257 e. The van der Waals surface area contributed by atoms with Gasteiger partial charge in [-0.15, -0.1) is 0 Å². The zero-order valence-corrected chi connectivity index (χ0v) is 9.90. The molecule has 1 aromatic carbocycles. The van der Waals surface area contributed by atoms with E-state index in [9.17, 15) is 4.79 Å². The molecule has 0 bridgehead atoms. The molecule has 0 aliphatic carbocycles. The van der Waals surface area contributed by atoms with Crippen molar-refractivity contribution in [2.75, 3.05) is 26.0 Å². The fraction of sp³-hybridized carbons (Fsp3) is 0.417. The lowest BCUT2D eigenvalue weighted by Gasteiger charge is -2.11. The molecular formula is C12H18N2O3. The number of carbonyl (C=O) groups is 1. The van der Waals surface area contributed by atoms with E-state index in [0.717, 1.165) is 6.42 Å². The Balaban J connectivity index is 2.68. The Bertz CT molecular complexity index is 380. The second-order valence-corrected chi connectivity index (χ2v) is 3.61. The van der Waals surface area contributed by atoms with Crippen molar-refractivity contribution in [3.63, 3.8) is 0 Å². The molecule has 0 atom stereocenters. The quantitative estimate of drug-likeness (QED) is 0.505. The first kappa shape index (κ1) is 13.3. The van der Waals surface area contributed by atoms with Crippen LogP contribution in [0, 0.1) is 0 Å². The van der Waals surface area contributed by atoms with Gasteiger partial charge >= 0.3 is 0 Å². The number of hydrogen-bond acceptors (Lipinski definition) is 4. The van der Waals surface area contributed by atoms with Crippen molar-refractivity contribution in [3.8, 4) is 5.75 Å². The molecular weight excluding hydrogens is 220 g/mol. The molecule has 0 saturated heterocycles. The number of aliphatic hydroxyl groups excluding tert-OH is 1. The van der Waals surface area contributed by atoms with Crippen LogP contribution in [0.1, 0.15) is 23.2 Å². The average molecular weight is 238 g/mol. The van der Waals surface area contributed by atoms with Gasteiger partial charge in [0.1, 0.15) is 11.3 Å². The van der Waals surface area contributed by atoms with Crippen molar-refractivity contribution < 1.29 is 14.6 Å². The fourth-order valence-electron chi connectivity index (χ4n) is 1.49. The standard InChI is InChI=1S/C12H18N2O3/c1-17-10-6-4-5-9(13)11(10)12(16)14-7-2-3-8-15/h4-6,15H,2-3,7-8,13H2,1H3,(H,14,16). The normalized spacial score (nSPS) is 10.0. The topological polar surface area (TPSA) is 84.6 Å². The van der Waals surface area contributed by atoms with Crippen molar-refractivity contribution in [2.45, 2.75) is 12.8 Å². The number of aliphatic hydroxyl groups is 1. The lowest BCUT2D eigenvalue weighted by Crippen LogP contribution is -2.26. The predicted molar refractivity (Wildman–Crippen MR) is 66.1 cm³/mol. The van der Waals surface area contributed by atoms with Gasteiger partial charge in [0, 0.05) is 18.8 Å². The molecule has 5 nitrogen and oxygen atoms in total. The van der Waals surface area contributed by atoms with Gasteiger partial charge < -0.3 is 20.9 Å². The number of hydrogen-bond donors (Lipinski definition) is 3. The summed E-state index contributed by atoms with van der Waals surface area (Å²) >= 11 is 0. The van der Waals surface area contributed by atoms with E-state index in [0.29, 0.717) is 30.0 Å². The first-order valence-electron chi connectivity index (χ1n) is 5.52. The van der Waals surface area contributed by atoms with E-state index in [1.54, 1.807) is 18.2 Å². The Kier molecular flexibility index (Phi) is 5.29. The highest BCUT2D eigenvalue weighted by molar-refractivity contribution is 6.01. The van der Waals surface area contributed by atoms with Crippen molar-refractivity contribution in [1.29, 1.82) is 0 Å². The van der Waals surface area contributed by atoms with E-state index in [1.807, 2.05) is 0 Å². The van der Waals surface area contributed by atoms with E-state index >= 15 is 0 Å². The number of nitrogens with two attached hydrogens (primary N) is 1. The van der Waals surface area contributed by atoms with Crippen molar-refractivity contribution >= 4 is 11.6 Å². The molecule has 0 aliphatic heterocycles. The van der Waals surface area contributed by atoms with Crippen LogP contribution in [-0.4, -0.2) is 31.3 Å². The summed E-state index contributed by atoms with van der Waals surface area (Å²) < 4.78 is 5.09. The first-order chi connectivity index (χ1) is 8.20. The molecule has 4 N–H and O–H groups in total. The van der Waals surface area contributed by atoms with Crippen LogP contribution in [0.25, 0.3) is 0 Å². The van der Waals surface area contributed by atoms with Gasteiger partial charge in [0.2, 0.25) is 0 Å². The van der Waals surface area contributed by atoms with Crippen molar-refractivity contribution in [3.05, 3.63) is 23.8 Å². The van der Waals surface area contributed by atoms with Gasteiger partial charge in [-0.2, -0.15) is 0 Å². The van der Waals surface area contributed by atoms with Crippen molar-refractivity contribution in [1.82, 2.24) is 5.32 Å². The average Bonchev–Trinajstić information content (AvgIpc) is 2.34. The summed E-state index contributed by atoms with van der Waals surface area (Å²) in [6, 6.07) is 5.08. The minimum Gasteiger partial charge on any atom is -0.496 e. The molecule has 94 valence electrons. The van der Waals surface area contributed by atoms with E-state index < -0.39 is 0 Å². The highest BCUT2D eigenvalue weighted by Crippen LogP contribution is 2.23. The largest absolute Gasteiger partial charge is 0.496 e. The molecule has 0 radical (unpaired) electrons. The minimum absolute atomic E-state index is 0.132. The molecule has 0 aliphatic rings. The molecule has 0 saturated carbocycles. The number of methoxy groups -OCH3 is 1. The Labute approximate surface area is 101 Å². The summed E-state index contributed by atoms with van der Waals surface area (Å²) in [7, 11) is 1.50. The predicted octanol–water partition coefficient (Wildman–Crippen LogP) is 0.780. The van der Waals surface area contributed by atoms with Crippen molar-refractivity contribution in [2.24, 2.45) is 0 Å². The number of ether oxygens (including phenoxy) is 1. The number of nitrogen functional groups attached to an aromatic ring is 1. The molecule has 5 heteroatoms.